The number of nitrogens with zero attached hydrogens (tertiary/aromatic N) is 1. The molecule has 1 fully saturated rings. The first-order chi connectivity index (χ1) is 9.10. The lowest BCUT2D eigenvalue weighted by atomic mass is 9.98. The Kier molecular flexibility index (Phi) is 3.73. The third kappa shape index (κ3) is 3.25. The first-order valence-corrected chi connectivity index (χ1v) is 6.95. The van der Waals surface area contributed by atoms with Gasteiger partial charge in [0.05, 0.1) is 27.5 Å². The largest absolute Gasteiger partial charge is 0.478 e. The molecular formula is C15H20ClNO3. The normalized spacial score (nSPS) is 20.8. The summed E-state index contributed by atoms with van der Waals surface area (Å²) in [4.78, 5) is 13.1. The van der Waals surface area contributed by atoms with E-state index in [0.29, 0.717) is 18.1 Å². The zero-order valence-electron chi connectivity index (χ0n) is 12.2. The molecule has 0 radical (unpaired) electrons. The van der Waals surface area contributed by atoms with Gasteiger partial charge in [-0.2, -0.15) is 0 Å². The monoisotopic (exact) mass is 297 g/mol. The minimum absolute atomic E-state index is 0.200. The number of rotatable bonds is 2. The third-order valence-electron chi connectivity index (χ3n) is 3.23. The molecule has 1 heterocycles. The maximum Gasteiger partial charge on any atom is 0.335 e. The van der Waals surface area contributed by atoms with E-state index in [9.17, 15) is 4.79 Å². The summed E-state index contributed by atoms with van der Waals surface area (Å²) in [7, 11) is 0. The Balaban J connectivity index is 2.34. The van der Waals surface area contributed by atoms with E-state index in [-0.39, 0.29) is 16.8 Å². The van der Waals surface area contributed by atoms with Crippen LogP contribution >= 0.6 is 11.6 Å². The Hall–Kier alpha value is -1.26. The Morgan fingerprint density at radius 2 is 1.80 bits per heavy atom. The molecule has 0 amide bonds. The molecule has 0 saturated carbocycles. The fraction of sp³-hybridized carbons (Fsp3) is 0.533. The molecule has 5 heteroatoms. The van der Waals surface area contributed by atoms with Crippen LogP contribution in [0.25, 0.3) is 0 Å². The van der Waals surface area contributed by atoms with Crippen LogP contribution in [0.3, 0.4) is 0 Å². The van der Waals surface area contributed by atoms with Crippen LogP contribution in [-0.4, -0.2) is 35.4 Å². The number of halogens is 1. The van der Waals surface area contributed by atoms with Crippen LogP contribution < -0.4 is 4.90 Å². The summed E-state index contributed by atoms with van der Waals surface area (Å²) in [5.41, 5.74) is 0.485. The van der Waals surface area contributed by atoms with Gasteiger partial charge in [-0.3, -0.25) is 0 Å². The van der Waals surface area contributed by atoms with E-state index < -0.39 is 5.97 Å². The van der Waals surface area contributed by atoms with Crippen molar-refractivity contribution < 1.29 is 14.6 Å². The fourth-order valence-corrected chi connectivity index (χ4v) is 3.15. The van der Waals surface area contributed by atoms with Crippen molar-refractivity contribution in [1.29, 1.82) is 0 Å². The molecule has 0 aliphatic carbocycles. The van der Waals surface area contributed by atoms with Gasteiger partial charge in [0.1, 0.15) is 0 Å². The van der Waals surface area contributed by atoms with Gasteiger partial charge in [0, 0.05) is 13.1 Å². The maximum absolute atomic E-state index is 11.0. The highest BCUT2D eigenvalue weighted by atomic mass is 35.5. The minimum atomic E-state index is -0.971. The Bertz CT molecular complexity index is 524. The van der Waals surface area contributed by atoms with E-state index in [2.05, 4.69) is 4.90 Å². The highest BCUT2D eigenvalue weighted by Crippen LogP contribution is 2.35. The molecule has 1 aromatic rings. The standard InChI is InChI=1S/C15H20ClNO3/c1-14(2)8-17(9-15(3,4)20-14)12-6-5-10(13(18)19)7-11(12)16/h5-7H,8-9H2,1-4H3,(H,18,19). The van der Waals surface area contributed by atoms with Gasteiger partial charge in [0.2, 0.25) is 0 Å². The topological polar surface area (TPSA) is 49.8 Å². The van der Waals surface area contributed by atoms with Crippen molar-refractivity contribution in [2.24, 2.45) is 0 Å². The number of hydrogen-bond donors (Lipinski definition) is 1. The number of morpholine rings is 1. The third-order valence-corrected chi connectivity index (χ3v) is 3.53. The average Bonchev–Trinajstić information content (AvgIpc) is 2.24. The van der Waals surface area contributed by atoms with Gasteiger partial charge >= 0.3 is 5.97 Å². The molecule has 110 valence electrons. The second-order valence-corrected chi connectivity index (χ2v) is 6.86. The number of carbonyl (C=O) groups is 1. The fourth-order valence-electron chi connectivity index (χ4n) is 2.85. The van der Waals surface area contributed by atoms with Gasteiger partial charge in [-0.25, -0.2) is 4.79 Å². The van der Waals surface area contributed by atoms with Gasteiger partial charge in [-0.15, -0.1) is 0 Å². The molecule has 0 spiro atoms. The van der Waals surface area contributed by atoms with E-state index in [1.165, 1.54) is 6.07 Å². The van der Waals surface area contributed by atoms with Crippen molar-refractivity contribution in [2.75, 3.05) is 18.0 Å². The van der Waals surface area contributed by atoms with Crippen LogP contribution in [0.5, 0.6) is 0 Å². The second kappa shape index (κ2) is 4.93. The zero-order valence-corrected chi connectivity index (χ0v) is 13.0. The Labute approximate surface area is 124 Å². The second-order valence-electron chi connectivity index (χ2n) is 6.45. The van der Waals surface area contributed by atoms with Gasteiger partial charge in [0.15, 0.2) is 0 Å². The number of hydrogen-bond acceptors (Lipinski definition) is 3. The molecule has 20 heavy (non-hydrogen) atoms. The molecule has 1 aliphatic rings. The number of carboxylic acids is 1. The lowest BCUT2D eigenvalue weighted by Crippen LogP contribution is -2.57. The highest BCUT2D eigenvalue weighted by Gasteiger charge is 2.38. The van der Waals surface area contributed by atoms with E-state index in [1.54, 1.807) is 12.1 Å². The van der Waals surface area contributed by atoms with Crippen molar-refractivity contribution in [3.05, 3.63) is 28.8 Å². The highest BCUT2D eigenvalue weighted by molar-refractivity contribution is 6.33. The van der Waals surface area contributed by atoms with Crippen molar-refractivity contribution in [2.45, 2.75) is 38.9 Å². The van der Waals surface area contributed by atoms with Crippen LogP contribution in [0.1, 0.15) is 38.1 Å². The zero-order chi connectivity index (χ0) is 15.1. The molecular weight excluding hydrogens is 278 g/mol. The molecule has 0 bridgehead atoms. The molecule has 1 N–H and O–H groups in total. The van der Waals surface area contributed by atoms with E-state index >= 15 is 0 Å². The summed E-state index contributed by atoms with van der Waals surface area (Å²) in [5, 5.41) is 9.44. The number of benzene rings is 1. The quantitative estimate of drug-likeness (QED) is 0.908. The van der Waals surface area contributed by atoms with Crippen LogP contribution in [0, 0.1) is 0 Å². The first kappa shape index (κ1) is 15.1. The summed E-state index contributed by atoms with van der Waals surface area (Å²) in [6, 6.07) is 4.84. The van der Waals surface area contributed by atoms with Crippen molar-refractivity contribution in [3.8, 4) is 0 Å². The summed E-state index contributed by atoms with van der Waals surface area (Å²) in [6.45, 7) is 9.59. The lowest BCUT2D eigenvalue weighted by Gasteiger charge is -2.48. The van der Waals surface area contributed by atoms with Gasteiger partial charge in [-0.05, 0) is 45.9 Å². The maximum atomic E-state index is 11.0. The number of ether oxygens (including phenoxy) is 1. The Morgan fingerprint density at radius 1 is 1.25 bits per heavy atom. The Morgan fingerprint density at radius 3 is 2.25 bits per heavy atom. The summed E-state index contributed by atoms with van der Waals surface area (Å²) < 4.78 is 6.04. The number of anilines is 1. The van der Waals surface area contributed by atoms with Crippen molar-refractivity contribution >= 4 is 23.3 Å². The van der Waals surface area contributed by atoms with Crippen LogP contribution in [0.2, 0.25) is 5.02 Å². The molecule has 0 atom stereocenters. The molecule has 1 saturated heterocycles. The van der Waals surface area contributed by atoms with Crippen molar-refractivity contribution in [3.63, 3.8) is 0 Å². The van der Waals surface area contributed by atoms with Gasteiger partial charge in [-0.1, -0.05) is 11.6 Å². The molecule has 1 aromatic carbocycles. The SMILES string of the molecule is CC1(C)CN(c2ccc(C(=O)O)cc2Cl)CC(C)(C)O1. The average molecular weight is 298 g/mol. The van der Waals surface area contributed by atoms with E-state index in [1.807, 2.05) is 27.7 Å². The first-order valence-electron chi connectivity index (χ1n) is 6.58. The van der Waals surface area contributed by atoms with Gasteiger partial charge in [0.25, 0.3) is 0 Å². The summed E-state index contributed by atoms with van der Waals surface area (Å²) in [6.07, 6.45) is 0. The smallest absolute Gasteiger partial charge is 0.335 e. The van der Waals surface area contributed by atoms with Crippen LogP contribution in [0.4, 0.5) is 5.69 Å². The molecule has 4 nitrogen and oxygen atoms in total. The molecule has 1 aliphatic heterocycles. The van der Waals surface area contributed by atoms with E-state index in [4.69, 9.17) is 21.4 Å². The van der Waals surface area contributed by atoms with Crippen LogP contribution in [-0.2, 0) is 4.74 Å². The summed E-state index contributed by atoms with van der Waals surface area (Å²) >= 11 is 6.25. The van der Waals surface area contributed by atoms with Gasteiger partial charge < -0.3 is 14.7 Å². The summed E-state index contributed by atoms with van der Waals surface area (Å²) in [5.74, 6) is -0.971. The number of carboxylic acid groups (broad SMARTS) is 1. The molecule has 0 aromatic heterocycles. The predicted octanol–water partition coefficient (Wildman–Crippen LogP) is 3.43. The van der Waals surface area contributed by atoms with Crippen molar-refractivity contribution in [1.82, 2.24) is 0 Å². The number of aromatic carboxylic acids is 1. The molecule has 0 unspecified atom stereocenters. The van der Waals surface area contributed by atoms with E-state index in [0.717, 1.165) is 5.69 Å². The minimum Gasteiger partial charge on any atom is -0.478 e. The predicted molar refractivity (Wildman–Crippen MR) is 79.9 cm³/mol. The lowest BCUT2D eigenvalue weighted by molar-refractivity contribution is -0.133. The molecule has 2 rings (SSSR count). The van der Waals surface area contributed by atoms with Crippen LogP contribution in [0.15, 0.2) is 18.2 Å².